The van der Waals surface area contributed by atoms with E-state index in [1.165, 1.54) is 17.9 Å². The van der Waals surface area contributed by atoms with Crippen molar-refractivity contribution >= 4 is 17.6 Å². The molecule has 1 fully saturated rings. The lowest BCUT2D eigenvalue weighted by molar-refractivity contribution is -0.128. The maximum Gasteiger partial charge on any atom is 0.321 e. The molecule has 2 rings (SSSR count). The molecule has 0 atom stereocenters. The van der Waals surface area contributed by atoms with Gasteiger partial charge in [0.1, 0.15) is 11.6 Å². The summed E-state index contributed by atoms with van der Waals surface area (Å²) in [6.07, 6.45) is 0.666. The lowest BCUT2D eigenvalue weighted by Crippen LogP contribution is -2.39. The second kappa shape index (κ2) is 6.51. The van der Waals surface area contributed by atoms with Gasteiger partial charge in [-0.15, -0.1) is 0 Å². The number of nitrogens with one attached hydrogen (secondary N) is 1. The van der Waals surface area contributed by atoms with E-state index in [1.54, 1.807) is 4.90 Å². The SMILES string of the molecule is CC(=O)N1CCCN(C(=O)Nc2ccc(F)cc2F)CC1. The molecule has 7 heteroatoms. The maximum atomic E-state index is 13.5. The standard InChI is InChI=1S/C14H17F2N3O2/c1-10(20)18-5-2-6-19(8-7-18)14(21)17-13-4-3-11(15)9-12(13)16/h3-4,9H,2,5-8H2,1H3,(H,17,21). The minimum Gasteiger partial charge on any atom is -0.341 e. The molecule has 3 amide bonds. The number of hydrogen-bond acceptors (Lipinski definition) is 2. The summed E-state index contributed by atoms with van der Waals surface area (Å²) in [6.45, 7) is 3.41. The molecule has 0 spiro atoms. The van der Waals surface area contributed by atoms with Crippen molar-refractivity contribution in [3.63, 3.8) is 0 Å². The Balaban J connectivity index is 1.98. The Hall–Kier alpha value is -2.18. The molecular formula is C14H17F2N3O2. The molecule has 1 N–H and O–H groups in total. The predicted molar refractivity (Wildman–Crippen MR) is 73.8 cm³/mol. The van der Waals surface area contributed by atoms with Gasteiger partial charge >= 0.3 is 6.03 Å². The molecule has 1 heterocycles. The van der Waals surface area contributed by atoms with Gasteiger partial charge in [0.15, 0.2) is 0 Å². The van der Waals surface area contributed by atoms with Crippen molar-refractivity contribution in [3.05, 3.63) is 29.8 Å². The van der Waals surface area contributed by atoms with Crippen LogP contribution < -0.4 is 5.32 Å². The van der Waals surface area contributed by atoms with Crippen molar-refractivity contribution in [2.45, 2.75) is 13.3 Å². The number of hydrogen-bond donors (Lipinski definition) is 1. The van der Waals surface area contributed by atoms with Crippen LogP contribution in [-0.4, -0.2) is 47.9 Å². The van der Waals surface area contributed by atoms with Gasteiger partial charge in [0.25, 0.3) is 0 Å². The molecule has 1 aliphatic rings. The van der Waals surface area contributed by atoms with Gasteiger partial charge in [-0.2, -0.15) is 0 Å². The van der Waals surface area contributed by atoms with Crippen LogP contribution in [0.25, 0.3) is 0 Å². The van der Waals surface area contributed by atoms with Crippen molar-refractivity contribution in [3.8, 4) is 0 Å². The summed E-state index contributed by atoms with van der Waals surface area (Å²) in [7, 11) is 0. The van der Waals surface area contributed by atoms with Crippen LogP contribution in [0.15, 0.2) is 18.2 Å². The third-order valence-electron chi connectivity index (χ3n) is 3.40. The van der Waals surface area contributed by atoms with E-state index in [2.05, 4.69) is 5.32 Å². The molecule has 114 valence electrons. The summed E-state index contributed by atoms with van der Waals surface area (Å²) in [5.74, 6) is -1.54. The Morgan fingerprint density at radius 3 is 2.43 bits per heavy atom. The van der Waals surface area contributed by atoms with E-state index in [0.29, 0.717) is 32.6 Å². The van der Waals surface area contributed by atoms with Crippen LogP contribution in [0.3, 0.4) is 0 Å². The highest BCUT2D eigenvalue weighted by molar-refractivity contribution is 5.89. The van der Waals surface area contributed by atoms with Crippen LogP contribution in [0.2, 0.25) is 0 Å². The highest BCUT2D eigenvalue weighted by Gasteiger charge is 2.21. The molecule has 1 aromatic carbocycles. The third-order valence-corrected chi connectivity index (χ3v) is 3.40. The number of halogens is 2. The molecular weight excluding hydrogens is 280 g/mol. The quantitative estimate of drug-likeness (QED) is 0.862. The van der Waals surface area contributed by atoms with Gasteiger partial charge in [0.2, 0.25) is 5.91 Å². The molecule has 0 aromatic heterocycles. The van der Waals surface area contributed by atoms with E-state index in [-0.39, 0.29) is 11.6 Å². The number of nitrogens with zero attached hydrogens (tertiary/aromatic N) is 2. The van der Waals surface area contributed by atoms with Crippen molar-refractivity contribution < 1.29 is 18.4 Å². The zero-order valence-electron chi connectivity index (χ0n) is 11.7. The fourth-order valence-electron chi connectivity index (χ4n) is 2.22. The summed E-state index contributed by atoms with van der Waals surface area (Å²) in [5, 5.41) is 2.42. The van der Waals surface area contributed by atoms with Crippen LogP contribution >= 0.6 is 0 Å². The molecule has 1 aromatic rings. The number of benzene rings is 1. The molecule has 0 unspecified atom stereocenters. The first kappa shape index (κ1) is 15.2. The normalized spacial score (nSPS) is 15.6. The fraction of sp³-hybridized carbons (Fsp3) is 0.429. The summed E-state index contributed by atoms with van der Waals surface area (Å²) >= 11 is 0. The Bertz CT molecular complexity index is 551. The zero-order chi connectivity index (χ0) is 15.4. The molecule has 5 nitrogen and oxygen atoms in total. The van der Waals surface area contributed by atoms with Crippen LogP contribution in [-0.2, 0) is 4.79 Å². The second-order valence-electron chi connectivity index (χ2n) is 4.90. The molecule has 21 heavy (non-hydrogen) atoms. The molecule has 1 aliphatic heterocycles. The first-order chi connectivity index (χ1) is 9.97. The maximum absolute atomic E-state index is 13.5. The molecule has 0 saturated carbocycles. The molecule has 0 aliphatic carbocycles. The van der Waals surface area contributed by atoms with Crippen LogP contribution in [0.4, 0.5) is 19.3 Å². The topological polar surface area (TPSA) is 52.7 Å². The lowest BCUT2D eigenvalue weighted by Gasteiger charge is -2.21. The number of rotatable bonds is 1. The Morgan fingerprint density at radius 1 is 1.10 bits per heavy atom. The lowest BCUT2D eigenvalue weighted by atomic mass is 10.3. The first-order valence-corrected chi connectivity index (χ1v) is 6.74. The zero-order valence-corrected chi connectivity index (χ0v) is 11.7. The molecule has 0 bridgehead atoms. The largest absolute Gasteiger partial charge is 0.341 e. The average molecular weight is 297 g/mol. The van der Waals surface area contributed by atoms with E-state index in [4.69, 9.17) is 0 Å². The Morgan fingerprint density at radius 2 is 1.76 bits per heavy atom. The van der Waals surface area contributed by atoms with Gasteiger partial charge in [-0.1, -0.05) is 0 Å². The third kappa shape index (κ3) is 3.90. The van der Waals surface area contributed by atoms with E-state index >= 15 is 0 Å². The van der Waals surface area contributed by atoms with Crippen molar-refractivity contribution in [1.29, 1.82) is 0 Å². The summed E-state index contributed by atoms with van der Waals surface area (Å²) in [5.41, 5.74) is -0.0610. The van der Waals surface area contributed by atoms with E-state index < -0.39 is 17.7 Å². The minimum absolute atomic E-state index is 0.0261. The van der Waals surface area contributed by atoms with E-state index in [0.717, 1.165) is 12.1 Å². The van der Waals surface area contributed by atoms with Gasteiger partial charge in [-0.05, 0) is 18.6 Å². The molecule has 1 saturated heterocycles. The number of urea groups is 1. The number of anilines is 1. The van der Waals surface area contributed by atoms with Gasteiger partial charge < -0.3 is 15.1 Å². The minimum atomic E-state index is -0.816. The number of amides is 3. The van der Waals surface area contributed by atoms with Gasteiger partial charge in [0, 0.05) is 39.2 Å². The van der Waals surface area contributed by atoms with Gasteiger partial charge in [-0.25, -0.2) is 13.6 Å². The van der Waals surface area contributed by atoms with Gasteiger partial charge in [-0.3, -0.25) is 4.79 Å². The monoisotopic (exact) mass is 297 g/mol. The second-order valence-corrected chi connectivity index (χ2v) is 4.90. The van der Waals surface area contributed by atoms with E-state index in [9.17, 15) is 18.4 Å². The van der Waals surface area contributed by atoms with E-state index in [1.807, 2.05) is 0 Å². The van der Waals surface area contributed by atoms with Crippen LogP contribution in [0.5, 0.6) is 0 Å². The average Bonchev–Trinajstić information content (AvgIpc) is 2.67. The highest BCUT2D eigenvalue weighted by atomic mass is 19.1. The predicted octanol–water partition coefficient (Wildman–Crippen LogP) is 2.05. The highest BCUT2D eigenvalue weighted by Crippen LogP contribution is 2.16. The number of carbonyl (C=O) groups is 2. The van der Waals surface area contributed by atoms with Crippen molar-refractivity contribution in [2.75, 3.05) is 31.5 Å². The summed E-state index contributed by atoms with van der Waals surface area (Å²) in [4.78, 5) is 26.6. The smallest absolute Gasteiger partial charge is 0.321 e. The van der Waals surface area contributed by atoms with Crippen LogP contribution in [0.1, 0.15) is 13.3 Å². The van der Waals surface area contributed by atoms with Crippen molar-refractivity contribution in [1.82, 2.24) is 9.80 Å². The first-order valence-electron chi connectivity index (χ1n) is 6.74. The fourth-order valence-corrected chi connectivity index (χ4v) is 2.22. The Kier molecular flexibility index (Phi) is 4.72. The Labute approximate surface area is 121 Å². The summed E-state index contributed by atoms with van der Waals surface area (Å²) in [6, 6.07) is 2.53. The number of carbonyl (C=O) groups excluding carboxylic acids is 2. The van der Waals surface area contributed by atoms with Gasteiger partial charge in [0.05, 0.1) is 5.69 Å². The van der Waals surface area contributed by atoms with Crippen molar-refractivity contribution in [2.24, 2.45) is 0 Å². The molecule has 0 radical (unpaired) electrons. The summed E-state index contributed by atoms with van der Waals surface area (Å²) < 4.78 is 26.3. The van der Waals surface area contributed by atoms with Crippen LogP contribution in [0, 0.1) is 11.6 Å².